The van der Waals surface area contributed by atoms with Crippen molar-refractivity contribution in [2.24, 2.45) is 23.7 Å². The molecule has 0 radical (unpaired) electrons. The number of amides is 1. The van der Waals surface area contributed by atoms with Crippen LogP contribution in [0.3, 0.4) is 0 Å². The molecular weight excluding hydrogens is 829 g/mol. The van der Waals surface area contributed by atoms with Gasteiger partial charge in [-0.1, -0.05) is 45.9 Å². The summed E-state index contributed by atoms with van der Waals surface area (Å²) < 4.78 is 24.7. The van der Waals surface area contributed by atoms with Crippen molar-refractivity contribution in [3.05, 3.63) is 75.7 Å². The van der Waals surface area contributed by atoms with Crippen LogP contribution in [0.25, 0.3) is 31.6 Å². The number of piperazine rings is 1. The number of carbonyl (C=O) groups is 3. The molecule has 0 spiro atoms. The van der Waals surface area contributed by atoms with E-state index < -0.39 is 82.7 Å². The Bertz CT molecular complexity index is 2580. The number of Topliss-reactive ketones (excluding diaryl/α,β-unsaturated/α-hetero) is 1. The molecule has 5 aliphatic rings. The molecule has 2 aromatic rings. The van der Waals surface area contributed by atoms with Gasteiger partial charge in [0, 0.05) is 93.0 Å². The predicted molar refractivity (Wildman–Crippen MR) is 242 cm³/mol. The number of rotatable bonds is 3. The zero-order valence-corrected chi connectivity index (χ0v) is 37.8. The fraction of sp³-hybridized carbons (Fsp3) is 0.468. The first-order valence-electron chi connectivity index (χ1n) is 21.2. The first kappa shape index (κ1) is 45.6. The second-order valence-electron chi connectivity index (χ2n) is 17.1. The molecule has 4 aliphatic heterocycles. The topological polar surface area (TPSA) is 206 Å². The minimum absolute atomic E-state index is 0.00959. The highest BCUT2D eigenvalue weighted by molar-refractivity contribution is 7.22. The first-order valence-corrected chi connectivity index (χ1v) is 22.1. The number of aromatic hydroxyl groups is 1. The molecule has 1 fully saturated rings. The molecular formula is C47H56N4O11S. The van der Waals surface area contributed by atoms with Gasteiger partial charge in [0.25, 0.3) is 11.7 Å². The van der Waals surface area contributed by atoms with E-state index in [2.05, 4.69) is 15.5 Å². The van der Waals surface area contributed by atoms with Gasteiger partial charge >= 0.3 is 11.8 Å². The number of nitrogens with one attached hydrogen (secondary N) is 2. The molecule has 2 aromatic carbocycles. The Morgan fingerprint density at radius 3 is 2.40 bits per heavy atom. The molecule has 0 aromatic heterocycles. The van der Waals surface area contributed by atoms with E-state index in [0.717, 1.165) is 36.6 Å². The van der Waals surface area contributed by atoms with Gasteiger partial charge in [-0.3, -0.25) is 19.2 Å². The van der Waals surface area contributed by atoms with Gasteiger partial charge in [-0.25, -0.2) is 4.98 Å². The minimum Gasteiger partial charge on any atom is -0.507 e. The number of aliphatic hydroxyl groups is 2. The van der Waals surface area contributed by atoms with Crippen molar-refractivity contribution in [1.82, 2.24) is 10.3 Å². The van der Waals surface area contributed by atoms with Crippen molar-refractivity contribution in [3.63, 3.8) is 0 Å². The third-order valence-corrected chi connectivity index (χ3v) is 13.9. The summed E-state index contributed by atoms with van der Waals surface area (Å²) in [5, 5.41) is 40.9. The van der Waals surface area contributed by atoms with Crippen LogP contribution in [0.2, 0.25) is 0 Å². The van der Waals surface area contributed by atoms with Crippen molar-refractivity contribution in [3.8, 4) is 22.1 Å². The molecule has 1 aliphatic carbocycles. The molecule has 63 heavy (non-hydrogen) atoms. The number of anilines is 2. The maximum atomic E-state index is 14.8. The molecule has 7 rings (SSSR count). The summed E-state index contributed by atoms with van der Waals surface area (Å²) >= 11 is 1.23. The molecule has 15 nitrogen and oxygen atoms in total. The highest BCUT2D eigenvalue weighted by Crippen LogP contribution is 2.51. The third-order valence-electron chi connectivity index (χ3n) is 12.8. The number of nitrogens with zero attached hydrogens (tertiary/aromatic N) is 2. The van der Waals surface area contributed by atoms with Gasteiger partial charge in [0.15, 0.2) is 0 Å². The lowest BCUT2D eigenvalue weighted by Gasteiger charge is -2.38. The number of benzene rings is 3. The van der Waals surface area contributed by atoms with Crippen LogP contribution in [0.5, 0.6) is 11.5 Å². The van der Waals surface area contributed by atoms with Gasteiger partial charge in [0.2, 0.25) is 5.43 Å². The second kappa shape index (κ2) is 18.0. The number of hydrogen-bond acceptors (Lipinski definition) is 15. The molecule has 16 heteroatoms. The van der Waals surface area contributed by atoms with Crippen LogP contribution in [0.4, 0.5) is 11.4 Å². The van der Waals surface area contributed by atoms with Crippen molar-refractivity contribution in [1.29, 1.82) is 0 Å². The van der Waals surface area contributed by atoms with Crippen LogP contribution in [0.1, 0.15) is 64.4 Å². The number of phenolic OH excluding ortho intramolecular Hbond substituents is 1. The molecule has 1 saturated heterocycles. The summed E-state index contributed by atoms with van der Waals surface area (Å²) in [5.74, 6) is -6.67. The summed E-state index contributed by atoms with van der Waals surface area (Å²) in [6, 6.07) is 5.84. The van der Waals surface area contributed by atoms with E-state index >= 15 is 0 Å². The van der Waals surface area contributed by atoms with Crippen LogP contribution in [0, 0.1) is 30.6 Å². The fourth-order valence-electron chi connectivity index (χ4n) is 8.91. The van der Waals surface area contributed by atoms with E-state index in [0.29, 0.717) is 5.52 Å². The van der Waals surface area contributed by atoms with E-state index in [4.69, 9.17) is 23.9 Å². The van der Waals surface area contributed by atoms with E-state index in [9.17, 15) is 34.5 Å². The number of phenols is 1. The summed E-state index contributed by atoms with van der Waals surface area (Å²) in [6.45, 7) is 16.0. The number of esters is 1. The lowest BCUT2D eigenvalue weighted by atomic mass is 9.78. The largest absolute Gasteiger partial charge is 0.507 e. The number of aliphatic hydroxyl groups excluding tert-OH is 2. The summed E-state index contributed by atoms with van der Waals surface area (Å²) in [6.07, 6.45) is 3.84. The minimum atomic E-state index is -1.99. The number of carbonyl (C=O) groups excluding carboxylic acids is 3. The van der Waals surface area contributed by atoms with E-state index in [1.165, 1.54) is 51.6 Å². The molecule has 336 valence electrons. The van der Waals surface area contributed by atoms with Gasteiger partial charge < -0.3 is 49.8 Å². The van der Waals surface area contributed by atoms with Crippen LogP contribution >= 0.6 is 11.3 Å². The maximum Gasteiger partial charge on any atom is 0.312 e. The lowest BCUT2D eigenvalue weighted by molar-refractivity contribution is -0.160. The highest BCUT2D eigenvalue weighted by atomic mass is 32.1. The summed E-state index contributed by atoms with van der Waals surface area (Å²) in [7, 11) is 1.46. The van der Waals surface area contributed by atoms with Crippen molar-refractivity contribution in [2.45, 2.75) is 85.6 Å². The normalized spacial score (nSPS) is 30.5. The Morgan fingerprint density at radius 1 is 1.00 bits per heavy atom. The number of ketones is 1. The fourth-order valence-corrected chi connectivity index (χ4v) is 10.0. The Morgan fingerprint density at radius 2 is 1.71 bits per heavy atom. The highest BCUT2D eigenvalue weighted by Gasteiger charge is 2.50. The van der Waals surface area contributed by atoms with E-state index in [1.54, 1.807) is 52.8 Å². The SMILES string of the molecule is CO[C@H]1/C=C/O[C@@]2(C)Oc3c(C)c(O)c4c(=O)c(c5sc6cc(N7CCNCC7)ccc6nc-5c4c3C2=O)NC(=O)/C(C)=C\C=C\[C@H](C)[C@H](O)[C@@H](C)[C@@H](O)[C@@H](C)[C@H](OC(C)=O)[C@@H]1C. The Labute approximate surface area is 369 Å². The maximum absolute atomic E-state index is 14.8. The van der Waals surface area contributed by atoms with Crippen LogP contribution in [0.15, 0.2) is 59.1 Å². The molecule has 0 unspecified atom stereocenters. The first-order chi connectivity index (χ1) is 29.9. The molecule has 5 N–H and O–H groups in total. The van der Waals surface area contributed by atoms with Crippen molar-refractivity contribution in [2.75, 3.05) is 43.5 Å². The second-order valence-corrected chi connectivity index (χ2v) is 18.2. The van der Waals surface area contributed by atoms with Crippen LogP contribution in [-0.2, 0) is 23.8 Å². The third kappa shape index (κ3) is 8.42. The van der Waals surface area contributed by atoms with E-state index in [-0.39, 0.29) is 49.5 Å². The standard InChI is InChI=1S/C47H56N4O11S/c1-22-11-10-12-23(2)46(58)50-37-41(56)34-33(36-44(37)63-32-21-29(13-14-30(32)49-36)51-18-16-48-17-19-51)35-43(27(6)40(34)55)62-47(8,45(35)57)60-20-15-31(59-9)24(3)42(61-28(7)52)26(5)39(54)25(4)38(22)53/h10-15,20-22,24-26,31,38-39,42,48,53-55H,16-19H2,1-9H3,(H,50,58)/b11-10+,20-15+,23-12-/t22-,24+,25+,26+,31-,38-,39+,42+,47-/m0/s1. The van der Waals surface area contributed by atoms with Crippen molar-refractivity contribution >= 4 is 61.4 Å². The van der Waals surface area contributed by atoms with Gasteiger partial charge in [0.05, 0.1) is 56.3 Å². The number of allylic oxidation sites excluding steroid dienone is 2. The zero-order valence-electron chi connectivity index (χ0n) is 37.0. The molecule has 4 bridgehead atoms. The number of fused-ring (bicyclic) bond motifs is 2. The monoisotopic (exact) mass is 884 g/mol. The predicted octanol–water partition coefficient (Wildman–Crippen LogP) is 5.83. The van der Waals surface area contributed by atoms with Crippen LogP contribution < -0.4 is 25.7 Å². The zero-order chi connectivity index (χ0) is 45.7. The summed E-state index contributed by atoms with van der Waals surface area (Å²) in [4.78, 5) is 63.5. The molecule has 0 saturated carbocycles. The lowest BCUT2D eigenvalue weighted by Crippen LogP contribution is -2.46. The quantitative estimate of drug-likeness (QED) is 0.0934. The average molecular weight is 885 g/mol. The molecule has 4 heterocycles. The smallest absolute Gasteiger partial charge is 0.312 e. The molecule has 1 amide bonds. The number of ether oxygens (including phenoxy) is 4. The average Bonchev–Trinajstić information content (AvgIpc) is 3.53. The Hall–Kier alpha value is -5.39. The number of methoxy groups -OCH3 is 1. The van der Waals surface area contributed by atoms with Gasteiger partial charge in [-0.15, -0.1) is 11.3 Å². The number of aromatic nitrogens is 1. The van der Waals surface area contributed by atoms with Gasteiger partial charge in [-0.05, 0) is 38.1 Å². The van der Waals surface area contributed by atoms with Crippen LogP contribution in [-0.4, -0.2) is 101 Å². The Kier molecular flexibility index (Phi) is 13.0. The van der Waals surface area contributed by atoms with Gasteiger partial charge in [-0.2, -0.15) is 0 Å². The van der Waals surface area contributed by atoms with Crippen molar-refractivity contribution < 1.29 is 48.7 Å². The van der Waals surface area contributed by atoms with E-state index in [1.807, 2.05) is 18.2 Å². The molecule has 9 atom stereocenters. The number of hydrogen-bond donors (Lipinski definition) is 5. The Balaban J connectivity index is 1.43. The summed E-state index contributed by atoms with van der Waals surface area (Å²) in [5.41, 5.74) is 1.22. The van der Waals surface area contributed by atoms with Gasteiger partial charge in [0.1, 0.15) is 23.3 Å².